The molecular formula is C16H19N3OS. The average molecular weight is 301 g/mol. The molecule has 0 saturated heterocycles. The first-order chi connectivity index (χ1) is 10.1. The van der Waals surface area contributed by atoms with Gasteiger partial charge in [-0.2, -0.15) is 0 Å². The minimum atomic E-state index is 0.324. The van der Waals surface area contributed by atoms with Gasteiger partial charge in [-0.15, -0.1) is 11.3 Å². The zero-order chi connectivity index (χ0) is 15.0. The molecule has 0 saturated carbocycles. The van der Waals surface area contributed by atoms with E-state index in [1.54, 1.807) is 11.3 Å². The molecule has 0 aliphatic heterocycles. The Balaban J connectivity index is 2.07. The van der Waals surface area contributed by atoms with E-state index in [2.05, 4.69) is 36.3 Å². The fraction of sp³-hybridized carbons (Fsp3) is 0.312. The maximum Gasteiger partial charge on any atom is 0.196 e. The molecule has 0 aliphatic carbocycles. The summed E-state index contributed by atoms with van der Waals surface area (Å²) < 4.78 is 7.52. The van der Waals surface area contributed by atoms with Crippen molar-refractivity contribution in [3.63, 3.8) is 0 Å². The lowest BCUT2D eigenvalue weighted by atomic mass is 10.1. The molecule has 3 aromatic rings. The van der Waals surface area contributed by atoms with Gasteiger partial charge in [0.2, 0.25) is 0 Å². The van der Waals surface area contributed by atoms with Crippen molar-refractivity contribution in [1.82, 2.24) is 9.38 Å². The predicted octanol–water partition coefficient (Wildman–Crippen LogP) is 4.17. The third-order valence-electron chi connectivity index (χ3n) is 3.44. The normalized spacial score (nSPS) is 11.4. The van der Waals surface area contributed by atoms with Crippen LogP contribution in [0, 0.1) is 0 Å². The molecule has 21 heavy (non-hydrogen) atoms. The number of benzene rings is 1. The number of hydrogen-bond donors (Lipinski definition) is 1. The van der Waals surface area contributed by atoms with Crippen LogP contribution in [-0.2, 0) is 0 Å². The number of nitrogens with zero attached hydrogens (tertiary/aromatic N) is 2. The largest absolute Gasteiger partial charge is 0.494 e. The number of fused-ring (bicyclic) bond motifs is 1. The van der Waals surface area contributed by atoms with Gasteiger partial charge in [-0.25, -0.2) is 4.98 Å². The SMILES string of the molecule is CCOc1ccc(-c2csc3nc(C(C)C)c(N)n23)cc1. The Kier molecular flexibility index (Phi) is 3.59. The average Bonchev–Trinajstić information content (AvgIpc) is 3.01. The highest BCUT2D eigenvalue weighted by Crippen LogP contribution is 2.33. The molecule has 3 rings (SSSR count). The summed E-state index contributed by atoms with van der Waals surface area (Å²) in [4.78, 5) is 5.58. The highest BCUT2D eigenvalue weighted by molar-refractivity contribution is 7.15. The maximum absolute atomic E-state index is 6.28. The molecule has 0 radical (unpaired) electrons. The number of ether oxygens (including phenoxy) is 1. The second-order valence-electron chi connectivity index (χ2n) is 5.23. The Hall–Kier alpha value is -2.01. The van der Waals surface area contributed by atoms with Crippen LogP contribution in [0.4, 0.5) is 5.82 Å². The van der Waals surface area contributed by atoms with Gasteiger partial charge in [0.15, 0.2) is 4.96 Å². The van der Waals surface area contributed by atoms with Gasteiger partial charge in [-0.3, -0.25) is 4.40 Å². The van der Waals surface area contributed by atoms with Gasteiger partial charge in [0.05, 0.1) is 18.0 Å². The number of hydrogen-bond acceptors (Lipinski definition) is 4. The molecule has 110 valence electrons. The van der Waals surface area contributed by atoms with Crippen LogP contribution in [0.2, 0.25) is 0 Å². The first-order valence-corrected chi connectivity index (χ1v) is 7.98. The van der Waals surface area contributed by atoms with Crippen molar-refractivity contribution < 1.29 is 4.74 Å². The summed E-state index contributed by atoms with van der Waals surface area (Å²) in [5.74, 6) is 1.95. The van der Waals surface area contributed by atoms with Crippen molar-refractivity contribution in [3.8, 4) is 17.0 Å². The van der Waals surface area contributed by atoms with Gasteiger partial charge in [-0.1, -0.05) is 13.8 Å². The molecular weight excluding hydrogens is 282 g/mol. The Morgan fingerprint density at radius 3 is 2.62 bits per heavy atom. The monoisotopic (exact) mass is 301 g/mol. The Labute approximate surface area is 128 Å². The molecule has 0 bridgehead atoms. The van der Waals surface area contributed by atoms with Crippen molar-refractivity contribution in [1.29, 1.82) is 0 Å². The van der Waals surface area contributed by atoms with E-state index in [0.29, 0.717) is 12.5 Å². The molecule has 0 unspecified atom stereocenters. The second-order valence-corrected chi connectivity index (χ2v) is 6.07. The summed E-state index contributed by atoms with van der Waals surface area (Å²) in [7, 11) is 0. The van der Waals surface area contributed by atoms with Gasteiger partial charge in [-0.05, 0) is 42.7 Å². The predicted molar refractivity (Wildman–Crippen MR) is 88.2 cm³/mol. The lowest BCUT2D eigenvalue weighted by molar-refractivity contribution is 0.340. The molecule has 2 aromatic heterocycles. The number of aromatic nitrogens is 2. The van der Waals surface area contributed by atoms with E-state index in [1.165, 1.54) is 0 Å². The Morgan fingerprint density at radius 1 is 1.29 bits per heavy atom. The van der Waals surface area contributed by atoms with Crippen molar-refractivity contribution in [3.05, 3.63) is 35.3 Å². The van der Waals surface area contributed by atoms with Crippen molar-refractivity contribution in [2.75, 3.05) is 12.3 Å². The van der Waals surface area contributed by atoms with Crippen LogP contribution in [0.25, 0.3) is 16.2 Å². The quantitative estimate of drug-likeness (QED) is 0.787. The van der Waals surface area contributed by atoms with Crippen molar-refractivity contribution in [2.45, 2.75) is 26.7 Å². The highest BCUT2D eigenvalue weighted by atomic mass is 32.1. The zero-order valence-electron chi connectivity index (χ0n) is 12.5. The summed E-state index contributed by atoms with van der Waals surface area (Å²) in [5.41, 5.74) is 9.44. The second kappa shape index (κ2) is 5.41. The molecule has 0 spiro atoms. The Morgan fingerprint density at radius 2 is 2.00 bits per heavy atom. The van der Waals surface area contributed by atoms with Crippen LogP contribution >= 0.6 is 11.3 Å². The molecule has 0 aliphatic rings. The molecule has 2 heterocycles. The lowest BCUT2D eigenvalue weighted by Gasteiger charge is -2.06. The van der Waals surface area contributed by atoms with Gasteiger partial charge in [0.1, 0.15) is 11.6 Å². The van der Waals surface area contributed by atoms with Crippen LogP contribution in [0.15, 0.2) is 29.6 Å². The van der Waals surface area contributed by atoms with Crippen LogP contribution in [-0.4, -0.2) is 16.0 Å². The molecule has 0 fully saturated rings. The van der Waals surface area contributed by atoms with E-state index in [1.807, 2.05) is 23.5 Å². The van der Waals surface area contributed by atoms with Crippen molar-refractivity contribution >= 4 is 22.1 Å². The lowest BCUT2D eigenvalue weighted by Crippen LogP contribution is -1.99. The number of thiazole rings is 1. The van der Waals surface area contributed by atoms with E-state index >= 15 is 0 Å². The third kappa shape index (κ3) is 2.38. The van der Waals surface area contributed by atoms with Crippen molar-refractivity contribution in [2.24, 2.45) is 0 Å². The third-order valence-corrected chi connectivity index (χ3v) is 4.26. The summed E-state index contributed by atoms with van der Waals surface area (Å²) in [6.45, 7) is 6.88. The first kappa shape index (κ1) is 13.9. The van der Waals surface area contributed by atoms with Crippen LogP contribution in [0.5, 0.6) is 5.75 Å². The molecule has 0 amide bonds. The van der Waals surface area contributed by atoms with Crippen LogP contribution in [0.3, 0.4) is 0 Å². The summed E-state index contributed by atoms with van der Waals surface area (Å²) in [6, 6.07) is 8.08. The minimum absolute atomic E-state index is 0.324. The molecule has 0 atom stereocenters. The zero-order valence-corrected chi connectivity index (χ0v) is 13.3. The molecule has 1 aromatic carbocycles. The van der Waals surface area contributed by atoms with E-state index in [4.69, 9.17) is 10.5 Å². The fourth-order valence-corrected chi connectivity index (χ4v) is 3.32. The van der Waals surface area contributed by atoms with E-state index < -0.39 is 0 Å². The topological polar surface area (TPSA) is 52.5 Å². The standard InChI is InChI=1S/C16H19N3OS/c1-4-20-12-7-5-11(6-8-12)13-9-21-16-18-14(10(2)3)15(17)19(13)16/h5-10H,4,17H2,1-3H3. The van der Waals surface area contributed by atoms with Crippen LogP contribution < -0.4 is 10.5 Å². The molecule has 5 heteroatoms. The fourth-order valence-electron chi connectivity index (χ4n) is 2.41. The highest BCUT2D eigenvalue weighted by Gasteiger charge is 2.17. The number of nitrogen functional groups attached to an aromatic ring is 1. The van der Waals surface area contributed by atoms with Gasteiger partial charge < -0.3 is 10.5 Å². The summed E-state index contributed by atoms with van der Waals surface area (Å²) in [5, 5.41) is 2.10. The summed E-state index contributed by atoms with van der Waals surface area (Å²) in [6.07, 6.45) is 0. The number of nitrogens with two attached hydrogens (primary N) is 1. The van der Waals surface area contributed by atoms with Gasteiger partial charge in [0.25, 0.3) is 0 Å². The smallest absolute Gasteiger partial charge is 0.196 e. The van der Waals surface area contributed by atoms with E-state index in [9.17, 15) is 0 Å². The van der Waals surface area contributed by atoms with Gasteiger partial charge in [0, 0.05) is 5.38 Å². The van der Waals surface area contributed by atoms with E-state index in [-0.39, 0.29) is 0 Å². The Bertz CT molecular complexity index is 756. The number of anilines is 1. The van der Waals surface area contributed by atoms with Gasteiger partial charge >= 0.3 is 0 Å². The number of rotatable bonds is 4. The first-order valence-electron chi connectivity index (χ1n) is 7.10. The maximum atomic E-state index is 6.28. The van der Waals surface area contributed by atoms with Crippen LogP contribution in [0.1, 0.15) is 32.4 Å². The summed E-state index contributed by atoms with van der Waals surface area (Å²) >= 11 is 1.62. The van der Waals surface area contributed by atoms with E-state index in [0.717, 1.165) is 33.5 Å². The molecule has 2 N–H and O–H groups in total. The minimum Gasteiger partial charge on any atom is -0.494 e. The molecule has 4 nitrogen and oxygen atoms in total. The number of imidazole rings is 1.